The molecule has 0 fully saturated rings. The zero-order valence-corrected chi connectivity index (χ0v) is 10.2. The molecule has 0 heterocycles. The molecule has 0 saturated heterocycles. The van der Waals surface area contributed by atoms with Crippen molar-refractivity contribution in [3.8, 4) is 0 Å². The molecule has 1 aliphatic carbocycles. The van der Waals surface area contributed by atoms with E-state index in [-0.39, 0.29) is 0 Å². The van der Waals surface area contributed by atoms with E-state index in [2.05, 4.69) is 56.0 Å². The van der Waals surface area contributed by atoms with Gasteiger partial charge in [-0.2, -0.15) is 0 Å². The zero-order chi connectivity index (χ0) is 11.1. The molecule has 3 rings (SSSR count). The Balaban J connectivity index is 2.09. The third-order valence-electron chi connectivity index (χ3n) is 3.31. The highest BCUT2D eigenvalue weighted by Crippen LogP contribution is 2.28. The number of thiol groups is 1. The predicted molar refractivity (Wildman–Crippen MR) is 70.5 cm³/mol. The molecular formula is C15H14S. The largest absolute Gasteiger partial charge is 0.143 e. The Kier molecular flexibility index (Phi) is 2.29. The molecule has 0 radical (unpaired) electrons. The van der Waals surface area contributed by atoms with Crippen molar-refractivity contribution in [3.63, 3.8) is 0 Å². The van der Waals surface area contributed by atoms with Crippen LogP contribution in [0.15, 0.2) is 41.3 Å². The zero-order valence-electron chi connectivity index (χ0n) is 9.33. The Hall–Kier alpha value is -1.21. The fourth-order valence-electron chi connectivity index (χ4n) is 2.45. The summed E-state index contributed by atoms with van der Waals surface area (Å²) in [4.78, 5) is 1.06. The third kappa shape index (κ3) is 1.65. The maximum absolute atomic E-state index is 4.40. The van der Waals surface area contributed by atoms with Crippen LogP contribution in [-0.4, -0.2) is 0 Å². The molecule has 0 amide bonds. The lowest BCUT2D eigenvalue weighted by atomic mass is 9.85. The van der Waals surface area contributed by atoms with Crippen molar-refractivity contribution in [2.24, 2.45) is 0 Å². The molecule has 2 aromatic rings. The number of hydrogen-bond donors (Lipinski definition) is 1. The molecule has 1 aliphatic rings. The van der Waals surface area contributed by atoms with Crippen LogP contribution in [0.1, 0.15) is 27.8 Å². The summed E-state index contributed by atoms with van der Waals surface area (Å²) in [5.41, 5.74) is 7.20. The minimum Gasteiger partial charge on any atom is -0.143 e. The highest BCUT2D eigenvalue weighted by molar-refractivity contribution is 7.80. The second-order valence-electron chi connectivity index (χ2n) is 4.58. The molecule has 0 unspecified atom stereocenters. The van der Waals surface area contributed by atoms with Crippen LogP contribution in [0, 0.1) is 6.92 Å². The lowest BCUT2D eigenvalue weighted by Crippen LogP contribution is -2.07. The van der Waals surface area contributed by atoms with Crippen LogP contribution in [0.5, 0.6) is 0 Å². The maximum Gasteiger partial charge on any atom is 0.00430 e. The average Bonchev–Trinajstić information content (AvgIpc) is 2.26. The van der Waals surface area contributed by atoms with E-state index in [1.165, 1.54) is 27.8 Å². The SMILES string of the molecule is Cc1ccc2c(c1)Cc1ccc(S)cc1C2. The van der Waals surface area contributed by atoms with Crippen LogP contribution in [0.25, 0.3) is 0 Å². The van der Waals surface area contributed by atoms with Crippen molar-refractivity contribution < 1.29 is 0 Å². The van der Waals surface area contributed by atoms with E-state index in [1.54, 1.807) is 0 Å². The van der Waals surface area contributed by atoms with Gasteiger partial charge in [0.15, 0.2) is 0 Å². The minimum absolute atomic E-state index is 1.05. The molecule has 80 valence electrons. The standard InChI is InChI=1S/C15H14S/c1-10-2-3-11-8-14-9-15(16)5-4-12(14)7-13(11)6-10/h2-6,9,16H,7-8H2,1H3. The van der Waals surface area contributed by atoms with Crippen LogP contribution >= 0.6 is 12.6 Å². The topological polar surface area (TPSA) is 0 Å². The van der Waals surface area contributed by atoms with Crippen molar-refractivity contribution in [1.82, 2.24) is 0 Å². The number of hydrogen-bond acceptors (Lipinski definition) is 1. The van der Waals surface area contributed by atoms with E-state index >= 15 is 0 Å². The first-order chi connectivity index (χ1) is 7.72. The van der Waals surface area contributed by atoms with Crippen LogP contribution in [0.3, 0.4) is 0 Å². The highest BCUT2D eigenvalue weighted by Gasteiger charge is 2.14. The Morgan fingerprint density at radius 3 is 2.19 bits per heavy atom. The first-order valence-corrected chi connectivity index (χ1v) is 6.06. The molecule has 0 aliphatic heterocycles. The molecule has 0 saturated carbocycles. The lowest BCUT2D eigenvalue weighted by molar-refractivity contribution is 0.988. The summed E-state index contributed by atoms with van der Waals surface area (Å²) in [6.07, 6.45) is 2.12. The number of rotatable bonds is 0. The molecule has 16 heavy (non-hydrogen) atoms. The predicted octanol–water partition coefficient (Wildman–Crippen LogP) is 3.78. The van der Waals surface area contributed by atoms with Crippen molar-refractivity contribution in [2.45, 2.75) is 24.7 Å². The number of aryl methyl sites for hydroxylation is 1. The van der Waals surface area contributed by atoms with Gasteiger partial charge in [-0.25, -0.2) is 0 Å². The van der Waals surface area contributed by atoms with E-state index in [9.17, 15) is 0 Å². The summed E-state index contributed by atoms with van der Waals surface area (Å²) in [7, 11) is 0. The Morgan fingerprint density at radius 2 is 1.44 bits per heavy atom. The second kappa shape index (κ2) is 3.67. The summed E-state index contributed by atoms with van der Waals surface area (Å²) in [5, 5.41) is 0. The smallest absolute Gasteiger partial charge is 0.00430 e. The fourth-order valence-corrected chi connectivity index (χ4v) is 2.68. The van der Waals surface area contributed by atoms with Crippen LogP contribution < -0.4 is 0 Å². The number of benzene rings is 2. The summed E-state index contributed by atoms with van der Waals surface area (Å²) >= 11 is 4.40. The third-order valence-corrected chi connectivity index (χ3v) is 3.59. The molecular weight excluding hydrogens is 212 g/mol. The molecule has 0 atom stereocenters. The van der Waals surface area contributed by atoms with E-state index in [4.69, 9.17) is 0 Å². The van der Waals surface area contributed by atoms with Gasteiger partial charge in [-0.3, -0.25) is 0 Å². The minimum atomic E-state index is 1.05. The van der Waals surface area contributed by atoms with Gasteiger partial charge in [0.2, 0.25) is 0 Å². The van der Waals surface area contributed by atoms with Gasteiger partial charge in [0.25, 0.3) is 0 Å². The van der Waals surface area contributed by atoms with E-state index in [0.717, 1.165) is 17.7 Å². The normalized spacial score (nSPS) is 13.1. The van der Waals surface area contributed by atoms with Gasteiger partial charge in [0, 0.05) is 4.90 Å². The van der Waals surface area contributed by atoms with Crippen molar-refractivity contribution >= 4 is 12.6 Å². The van der Waals surface area contributed by atoms with Crippen LogP contribution in [0.4, 0.5) is 0 Å². The van der Waals surface area contributed by atoms with Crippen LogP contribution in [0.2, 0.25) is 0 Å². The lowest BCUT2D eigenvalue weighted by Gasteiger charge is -2.20. The van der Waals surface area contributed by atoms with Gasteiger partial charge in [-0.1, -0.05) is 29.8 Å². The Labute approximate surface area is 102 Å². The van der Waals surface area contributed by atoms with E-state index in [1.807, 2.05) is 0 Å². The van der Waals surface area contributed by atoms with Crippen molar-refractivity contribution in [2.75, 3.05) is 0 Å². The Bertz CT molecular complexity index is 504. The summed E-state index contributed by atoms with van der Waals surface area (Å²) in [5.74, 6) is 0. The molecule has 0 aromatic heterocycles. The average molecular weight is 226 g/mol. The monoisotopic (exact) mass is 226 g/mol. The second-order valence-corrected chi connectivity index (χ2v) is 5.10. The van der Waals surface area contributed by atoms with Crippen LogP contribution in [-0.2, 0) is 12.8 Å². The van der Waals surface area contributed by atoms with Gasteiger partial charge in [-0.15, -0.1) is 12.6 Å². The molecule has 0 nitrogen and oxygen atoms in total. The number of fused-ring (bicyclic) bond motifs is 2. The molecule has 1 heteroatoms. The summed E-state index contributed by atoms with van der Waals surface area (Å²) in [6.45, 7) is 2.16. The van der Waals surface area contributed by atoms with E-state index < -0.39 is 0 Å². The quantitative estimate of drug-likeness (QED) is 0.554. The van der Waals surface area contributed by atoms with Gasteiger partial charge >= 0.3 is 0 Å². The van der Waals surface area contributed by atoms with Crippen molar-refractivity contribution in [1.29, 1.82) is 0 Å². The highest BCUT2D eigenvalue weighted by atomic mass is 32.1. The molecule has 0 spiro atoms. The Morgan fingerprint density at radius 1 is 0.812 bits per heavy atom. The van der Waals surface area contributed by atoms with Crippen molar-refractivity contribution in [3.05, 3.63) is 64.2 Å². The first-order valence-electron chi connectivity index (χ1n) is 5.61. The van der Waals surface area contributed by atoms with Gasteiger partial charge in [-0.05, 0) is 54.2 Å². The van der Waals surface area contributed by atoms with Gasteiger partial charge < -0.3 is 0 Å². The summed E-state index contributed by atoms with van der Waals surface area (Å²) < 4.78 is 0. The maximum atomic E-state index is 4.40. The molecule has 2 aromatic carbocycles. The van der Waals surface area contributed by atoms with Gasteiger partial charge in [0.1, 0.15) is 0 Å². The molecule has 0 N–H and O–H groups in total. The first kappa shape index (κ1) is 9.98. The van der Waals surface area contributed by atoms with Gasteiger partial charge in [0.05, 0.1) is 0 Å². The summed E-state index contributed by atoms with van der Waals surface area (Å²) in [6, 6.07) is 13.3. The molecule has 0 bridgehead atoms. The van der Waals surface area contributed by atoms with E-state index in [0.29, 0.717) is 0 Å². The fraction of sp³-hybridized carbons (Fsp3) is 0.200.